The summed E-state index contributed by atoms with van der Waals surface area (Å²) in [5.41, 5.74) is 2.64. The zero-order valence-corrected chi connectivity index (χ0v) is 16.5. The minimum atomic E-state index is -0.298. The largest absolute Gasteiger partial charge is 0.309 e. The molecule has 6 heteroatoms. The lowest BCUT2D eigenvalue weighted by Gasteiger charge is -2.24. The van der Waals surface area contributed by atoms with E-state index in [2.05, 4.69) is 33.9 Å². The number of benzene rings is 2. The van der Waals surface area contributed by atoms with Crippen LogP contribution in [0.3, 0.4) is 0 Å². The molecule has 0 unspecified atom stereocenters. The molecule has 0 aliphatic rings. The lowest BCUT2D eigenvalue weighted by atomic mass is 10.1. The summed E-state index contributed by atoms with van der Waals surface area (Å²) in [6.07, 6.45) is 0. The Bertz CT molecular complexity index is 1150. The monoisotopic (exact) mass is 393 g/mol. The average Bonchev–Trinajstić information content (AvgIpc) is 3.13. The molecule has 28 heavy (non-hydrogen) atoms. The third-order valence-electron chi connectivity index (χ3n) is 4.99. The van der Waals surface area contributed by atoms with Crippen LogP contribution in [0.4, 0.5) is 4.39 Å². The van der Waals surface area contributed by atoms with Gasteiger partial charge in [0, 0.05) is 17.0 Å². The molecule has 4 aromatic rings. The normalized spacial score (nSPS) is 12.6. The van der Waals surface area contributed by atoms with Gasteiger partial charge in [0.25, 0.3) is 5.56 Å². The van der Waals surface area contributed by atoms with Crippen LogP contribution in [0, 0.1) is 5.82 Å². The van der Waals surface area contributed by atoms with E-state index in [9.17, 15) is 9.18 Å². The van der Waals surface area contributed by atoms with Gasteiger partial charge in [0.2, 0.25) is 0 Å². The highest BCUT2D eigenvalue weighted by Crippen LogP contribution is 2.31. The van der Waals surface area contributed by atoms with Crippen LogP contribution in [0.5, 0.6) is 0 Å². The SMILES string of the molecule is C[C@@H](c1ccccc1)N(C)Cc1nc2scc(-c3ccc(F)cc3)c2c(=O)[nH]1. The number of fused-ring (bicyclic) bond motifs is 1. The van der Waals surface area contributed by atoms with Gasteiger partial charge in [0.1, 0.15) is 16.5 Å². The Balaban J connectivity index is 1.63. The number of halogens is 1. The molecule has 2 heterocycles. The van der Waals surface area contributed by atoms with Crippen molar-refractivity contribution < 1.29 is 4.39 Å². The number of hydrogen-bond acceptors (Lipinski definition) is 4. The number of aromatic nitrogens is 2. The zero-order valence-electron chi connectivity index (χ0n) is 15.6. The van der Waals surface area contributed by atoms with Gasteiger partial charge >= 0.3 is 0 Å². The number of H-pyrrole nitrogens is 1. The molecular weight excluding hydrogens is 373 g/mol. The Morgan fingerprint density at radius 3 is 2.57 bits per heavy atom. The number of nitrogens with one attached hydrogen (secondary N) is 1. The third-order valence-corrected chi connectivity index (χ3v) is 5.86. The van der Waals surface area contributed by atoms with Crippen LogP contribution >= 0.6 is 11.3 Å². The Morgan fingerprint density at radius 1 is 1.14 bits per heavy atom. The standard InChI is InChI=1S/C22H20FN3OS/c1-14(15-6-4-3-5-7-15)26(2)12-19-24-21(27)20-18(13-28-22(20)25-19)16-8-10-17(23)11-9-16/h3-11,13-14H,12H2,1-2H3,(H,24,25,27)/t14-/m0/s1. The topological polar surface area (TPSA) is 49.0 Å². The summed E-state index contributed by atoms with van der Waals surface area (Å²) < 4.78 is 13.2. The fourth-order valence-electron chi connectivity index (χ4n) is 3.27. The van der Waals surface area contributed by atoms with Crippen molar-refractivity contribution in [1.29, 1.82) is 0 Å². The highest BCUT2D eigenvalue weighted by molar-refractivity contribution is 7.17. The Kier molecular flexibility index (Phi) is 5.07. The van der Waals surface area contributed by atoms with E-state index in [0.717, 1.165) is 11.1 Å². The molecular formula is C22H20FN3OS. The van der Waals surface area contributed by atoms with E-state index < -0.39 is 0 Å². The number of hydrogen-bond donors (Lipinski definition) is 1. The Labute approximate surface area is 166 Å². The van der Waals surface area contributed by atoms with Crippen molar-refractivity contribution in [1.82, 2.24) is 14.9 Å². The third kappa shape index (κ3) is 3.61. The van der Waals surface area contributed by atoms with Gasteiger partial charge in [0.05, 0.1) is 11.9 Å². The maximum absolute atomic E-state index is 13.2. The maximum Gasteiger partial charge on any atom is 0.260 e. The molecule has 142 valence electrons. The molecule has 1 N–H and O–H groups in total. The molecule has 0 fully saturated rings. The first kappa shape index (κ1) is 18.5. The summed E-state index contributed by atoms with van der Waals surface area (Å²) in [6, 6.07) is 16.6. The maximum atomic E-state index is 13.2. The van der Waals surface area contributed by atoms with Crippen LogP contribution in [0.15, 0.2) is 64.8 Å². The van der Waals surface area contributed by atoms with Gasteiger partial charge in [-0.15, -0.1) is 11.3 Å². The minimum absolute atomic E-state index is 0.165. The molecule has 0 spiro atoms. The van der Waals surface area contributed by atoms with Crippen molar-refractivity contribution in [2.45, 2.75) is 19.5 Å². The van der Waals surface area contributed by atoms with Crippen molar-refractivity contribution in [2.75, 3.05) is 7.05 Å². The molecule has 0 amide bonds. The van der Waals surface area contributed by atoms with Crippen LogP contribution in [-0.4, -0.2) is 21.9 Å². The van der Waals surface area contributed by atoms with Crippen LogP contribution in [0.2, 0.25) is 0 Å². The highest BCUT2D eigenvalue weighted by Gasteiger charge is 2.16. The summed E-state index contributed by atoms with van der Waals surface area (Å²) >= 11 is 1.43. The van der Waals surface area contributed by atoms with E-state index in [0.29, 0.717) is 22.6 Å². The predicted octanol–water partition coefficient (Wildman–Crippen LogP) is 4.98. The second kappa shape index (κ2) is 7.66. The number of thiophene rings is 1. The fourth-order valence-corrected chi connectivity index (χ4v) is 4.24. The number of rotatable bonds is 5. The Hall–Kier alpha value is -2.83. The first-order valence-electron chi connectivity index (χ1n) is 9.04. The second-order valence-electron chi connectivity index (χ2n) is 6.85. The second-order valence-corrected chi connectivity index (χ2v) is 7.71. The van der Waals surface area contributed by atoms with Gasteiger partial charge in [-0.2, -0.15) is 0 Å². The quantitative estimate of drug-likeness (QED) is 0.520. The summed E-state index contributed by atoms with van der Waals surface area (Å²) in [7, 11) is 2.01. The van der Waals surface area contributed by atoms with Crippen molar-refractivity contribution >= 4 is 21.6 Å². The molecule has 4 nitrogen and oxygen atoms in total. The van der Waals surface area contributed by atoms with Crippen LogP contribution < -0.4 is 5.56 Å². The lowest BCUT2D eigenvalue weighted by Crippen LogP contribution is -2.24. The summed E-state index contributed by atoms with van der Waals surface area (Å²) in [4.78, 5) is 23.2. The van der Waals surface area contributed by atoms with Gasteiger partial charge in [-0.3, -0.25) is 9.69 Å². The summed E-state index contributed by atoms with van der Waals surface area (Å²) in [6.45, 7) is 2.66. The van der Waals surface area contributed by atoms with Gasteiger partial charge in [0.15, 0.2) is 0 Å². The Morgan fingerprint density at radius 2 is 1.86 bits per heavy atom. The number of aromatic amines is 1. The number of nitrogens with zero attached hydrogens (tertiary/aromatic N) is 2. The van der Waals surface area contributed by atoms with E-state index in [-0.39, 0.29) is 17.4 Å². The van der Waals surface area contributed by atoms with Crippen molar-refractivity contribution in [3.8, 4) is 11.1 Å². The van der Waals surface area contributed by atoms with Crippen molar-refractivity contribution in [3.05, 3.63) is 87.5 Å². The molecule has 0 aliphatic carbocycles. The van der Waals surface area contributed by atoms with Gasteiger partial charge in [-0.25, -0.2) is 9.37 Å². The highest BCUT2D eigenvalue weighted by atomic mass is 32.1. The van der Waals surface area contributed by atoms with Crippen LogP contribution in [-0.2, 0) is 6.54 Å². The van der Waals surface area contributed by atoms with Gasteiger partial charge in [-0.05, 0) is 37.2 Å². The van der Waals surface area contributed by atoms with E-state index in [1.807, 2.05) is 30.6 Å². The van der Waals surface area contributed by atoms with Gasteiger partial charge in [-0.1, -0.05) is 42.5 Å². The molecule has 0 bridgehead atoms. The molecule has 0 aliphatic heterocycles. The zero-order chi connectivity index (χ0) is 19.7. The molecule has 2 aromatic heterocycles. The summed E-state index contributed by atoms with van der Waals surface area (Å²) in [5.74, 6) is 0.337. The van der Waals surface area contributed by atoms with E-state index in [4.69, 9.17) is 0 Å². The van der Waals surface area contributed by atoms with Gasteiger partial charge < -0.3 is 4.98 Å². The molecule has 1 atom stereocenters. The molecule has 2 aromatic carbocycles. The molecule has 0 saturated heterocycles. The van der Waals surface area contributed by atoms with E-state index in [1.165, 1.54) is 29.0 Å². The first-order valence-corrected chi connectivity index (χ1v) is 9.92. The van der Waals surface area contributed by atoms with Crippen LogP contribution in [0.1, 0.15) is 24.4 Å². The minimum Gasteiger partial charge on any atom is -0.309 e. The first-order chi connectivity index (χ1) is 13.5. The molecule has 0 saturated carbocycles. The van der Waals surface area contributed by atoms with E-state index in [1.54, 1.807) is 12.1 Å². The lowest BCUT2D eigenvalue weighted by molar-refractivity contribution is 0.247. The van der Waals surface area contributed by atoms with Crippen molar-refractivity contribution in [3.63, 3.8) is 0 Å². The molecule has 4 rings (SSSR count). The smallest absolute Gasteiger partial charge is 0.260 e. The molecule has 0 radical (unpaired) electrons. The average molecular weight is 393 g/mol. The predicted molar refractivity (Wildman–Crippen MR) is 112 cm³/mol. The van der Waals surface area contributed by atoms with E-state index >= 15 is 0 Å². The van der Waals surface area contributed by atoms with Crippen LogP contribution in [0.25, 0.3) is 21.3 Å². The summed E-state index contributed by atoms with van der Waals surface area (Å²) in [5, 5.41) is 2.46. The fraction of sp³-hybridized carbons (Fsp3) is 0.182. The van der Waals surface area contributed by atoms with Crippen molar-refractivity contribution in [2.24, 2.45) is 0 Å².